The topological polar surface area (TPSA) is 69.6 Å². The molecule has 0 saturated carbocycles. The molecule has 0 spiro atoms. The van der Waals surface area contributed by atoms with E-state index in [0.29, 0.717) is 6.42 Å². The van der Waals surface area contributed by atoms with Crippen LogP contribution in [0.4, 0.5) is 0 Å². The second-order valence-corrected chi connectivity index (χ2v) is 17.9. The first kappa shape index (κ1) is 64.8. The minimum atomic E-state index is -0.891. The highest BCUT2D eigenvalue weighted by Gasteiger charge is 2.17. The van der Waals surface area contributed by atoms with Crippen LogP contribution in [0.3, 0.4) is 0 Å². The van der Waals surface area contributed by atoms with Gasteiger partial charge in [-0.25, -0.2) is 0 Å². The first-order chi connectivity index (χ1) is 34.2. The molecule has 2 unspecified atom stereocenters. The van der Waals surface area contributed by atoms with Crippen molar-refractivity contribution in [1.82, 2.24) is 5.32 Å². The molecule has 0 fully saturated rings. The minimum absolute atomic E-state index is 0.105. The van der Waals surface area contributed by atoms with E-state index in [1.807, 2.05) is 6.08 Å². The Bertz CT molecular complexity index is 1540. The van der Waals surface area contributed by atoms with E-state index in [1.165, 1.54) is 64.2 Å². The van der Waals surface area contributed by atoms with Crippen molar-refractivity contribution in [2.75, 3.05) is 6.61 Å². The molecule has 4 nitrogen and oxygen atoms in total. The number of nitrogens with one attached hydrogen (secondary N) is 1. The predicted octanol–water partition coefficient (Wildman–Crippen LogP) is 18.7. The van der Waals surface area contributed by atoms with Crippen molar-refractivity contribution < 1.29 is 15.0 Å². The third-order valence-corrected chi connectivity index (χ3v) is 11.4. The van der Waals surface area contributed by atoms with Crippen LogP contribution in [-0.4, -0.2) is 34.9 Å². The van der Waals surface area contributed by atoms with Gasteiger partial charge in [0.1, 0.15) is 0 Å². The van der Waals surface area contributed by atoms with Crippen LogP contribution in [-0.2, 0) is 4.79 Å². The first-order valence-electron chi connectivity index (χ1n) is 27.8. The maximum absolute atomic E-state index is 12.4. The van der Waals surface area contributed by atoms with Gasteiger partial charge in [0.05, 0.1) is 18.8 Å². The maximum atomic E-state index is 12.4. The van der Waals surface area contributed by atoms with Gasteiger partial charge in [0.25, 0.3) is 0 Å². The third kappa shape index (κ3) is 54.6. The van der Waals surface area contributed by atoms with Crippen molar-refractivity contribution >= 4 is 5.91 Å². The number of aliphatic hydroxyl groups excluding tert-OH is 2. The fourth-order valence-corrected chi connectivity index (χ4v) is 7.21. The zero-order chi connectivity index (χ0) is 49.9. The van der Waals surface area contributed by atoms with Crippen LogP contribution >= 0.6 is 0 Å². The van der Waals surface area contributed by atoms with Gasteiger partial charge in [0.2, 0.25) is 5.91 Å². The standard InChI is InChI=1S/C65H103NO3/c1-3-5-7-9-11-13-15-17-19-21-23-24-25-26-27-28-29-30-31-32-33-34-35-36-37-38-39-40-41-42-43-45-47-49-51-53-55-57-59-61-65(69)66-63(62-67)64(68)60-58-56-54-52-50-48-46-44-22-20-18-16-14-12-10-8-6-4-2/h5,7,11,13,17,19,22-24,26-27,29-30,32-33,35-36,38-39,41-42,44-45,47,50,52,58,60,63-64,67-68H,3-4,6,8-10,12,14-16,18,20-21,25,28,31,34,37,40,43,46,48-49,51,53-57,59,61-62H2,1-2H3,(H,66,69)/b7-5-,13-11-,19-17-,24-23-,27-26-,30-29-,33-32-,36-35-,39-38-,42-41-,44-22+,47-45-,52-50+,60-58+. The van der Waals surface area contributed by atoms with Crippen molar-refractivity contribution in [2.45, 2.75) is 225 Å². The highest BCUT2D eigenvalue weighted by molar-refractivity contribution is 5.76. The fourth-order valence-electron chi connectivity index (χ4n) is 7.21. The van der Waals surface area contributed by atoms with E-state index in [9.17, 15) is 15.0 Å². The Labute approximate surface area is 426 Å². The summed E-state index contributed by atoms with van der Waals surface area (Å²) in [7, 11) is 0. The van der Waals surface area contributed by atoms with E-state index in [1.54, 1.807) is 6.08 Å². The highest BCUT2D eigenvalue weighted by Crippen LogP contribution is 2.11. The monoisotopic (exact) mass is 946 g/mol. The number of rotatable bonds is 48. The van der Waals surface area contributed by atoms with Gasteiger partial charge >= 0.3 is 0 Å². The lowest BCUT2D eigenvalue weighted by atomic mass is 10.1. The lowest BCUT2D eigenvalue weighted by Gasteiger charge is -2.19. The summed E-state index contributed by atoms with van der Waals surface area (Å²) in [4.78, 5) is 12.4. The molecule has 0 heterocycles. The zero-order valence-electron chi connectivity index (χ0n) is 44.3. The SMILES string of the molecule is CC/C=C\C/C=C\C/C=C\C/C=C\C/C=C\C/C=C\C/C=C\C/C=C\C/C=C\C/C=C\C/C=C\CCCCCCCC(=O)NC(CO)C(O)/C=C/CC/C=C/CC/C=C/CCCCCCCCCC. The normalized spacial score (nSPS) is 14.2. The van der Waals surface area contributed by atoms with Crippen LogP contribution in [0.15, 0.2) is 170 Å². The highest BCUT2D eigenvalue weighted by atomic mass is 16.3. The van der Waals surface area contributed by atoms with Crippen molar-refractivity contribution in [3.05, 3.63) is 170 Å². The summed E-state index contributed by atoms with van der Waals surface area (Å²) >= 11 is 0. The second-order valence-electron chi connectivity index (χ2n) is 17.9. The van der Waals surface area contributed by atoms with Gasteiger partial charge < -0.3 is 15.5 Å². The van der Waals surface area contributed by atoms with E-state index >= 15 is 0 Å². The fraction of sp³-hybridized carbons (Fsp3) is 0.554. The molecule has 0 radical (unpaired) electrons. The first-order valence-corrected chi connectivity index (χ1v) is 27.8. The van der Waals surface area contributed by atoms with E-state index in [0.717, 1.165) is 128 Å². The number of hydrogen-bond donors (Lipinski definition) is 3. The molecule has 0 saturated heterocycles. The molecule has 0 bridgehead atoms. The second kappa shape index (κ2) is 58.1. The summed E-state index contributed by atoms with van der Waals surface area (Å²) in [6.07, 6.45) is 94.9. The lowest BCUT2D eigenvalue weighted by molar-refractivity contribution is -0.123. The quantitative estimate of drug-likeness (QED) is 0.0420. The number of aliphatic hydroxyl groups is 2. The number of amides is 1. The van der Waals surface area contributed by atoms with Gasteiger partial charge in [-0.3, -0.25) is 4.79 Å². The van der Waals surface area contributed by atoms with Crippen LogP contribution in [0.25, 0.3) is 0 Å². The van der Waals surface area contributed by atoms with E-state index in [4.69, 9.17) is 0 Å². The molecule has 0 aromatic heterocycles. The molecule has 0 rings (SSSR count). The average molecular weight is 947 g/mol. The van der Waals surface area contributed by atoms with Crippen molar-refractivity contribution in [1.29, 1.82) is 0 Å². The van der Waals surface area contributed by atoms with Gasteiger partial charge in [-0.05, 0) is 128 Å². The summed E-state index contributed by atoms with van der Waals surface area (Å²) in [6.45, 7) is 4.15. The zero-order valence-corrected chi connectivity index (χ0v) is 44.3. The molecule has 0 aliphatic rings. The summed E-state index contributed by atoms with van der Waals surface area (Å²) in [5.74, 6) is -0.105. The van der Waals surface area contributed by atoms with Crippen LogP contribution in [0.2, 0.25) is 0 Å². The number of carbonyl (C=O) groups is 1. The molecular weight excluding hydrogens is 843 g/mol. The molecule has 0 aliphatic carbocycles. The van der Waals surface area contributed by atoms with Crippen LogP contribution in [0.5, 0.6) is 0 Å². The van der Waals surface area contributed by atoms with E-state index < -0.39 is 12.1 Å². The van der Waals surface area contributed by atoms with Crippen molar-refractivity contribution in [2.24, 2.45) is 0 Å². The predicted molar refractivity (Wildman–Crippen MR) is 307 cm³/mol. The molecular formula is C65H103NO3. The Kier molecular flexibility index (Phi) is 54.5. The molecule has 0 aromatic carbocycles. The van der Waals surface area contributed by atoms with Crippen molar-refractivity contribution in [3.63, 3.8) is 0 Å². The smallest absolute Gasteiger partial charge is 0.220 e. The summed E-state index contributed by atoms with van der Waals surface area (Å²) in [6, 6.07) is -0.669. The van der Waals surface area contributed by atoms with Crippen molar-refractivity contribution in [3.8, 4) is 0 Å². The Morgan fingerprint density at radius 1 is 0.362 bits per heavy atom. The summed E-state index contributed by atoms with van der Waals surface area (Å²) in [5, 5.41) is 23.1. The Hall–Kier alpha value is -4.25. The molecule has 3 N–H and O–H groups in total. The average Bonchev–Trinajstić information content (AvgIpc) is 3.35. The Morgan fingerprint density at radius 3 is 1.01 bits per heavy atom. The lowest BCUT2D eigenvalue weighted by Crippen LogP contribution is -2.45. The van der Waals surface area contributed by atoms with Crippen LogP contribution < -0.4 is 5.32 Å². The number of allylic oxidation sites excluding steroid dienone is 27. The Morgan fingerprint density at radius 2 is 0.652 bits per heavy atom. The van der Waals surface area contributed by atoms with Gasteiger partial charge in [0.15, 0.2) is 0 Å². The third-order valence-electron chi connectivity index (χ3n) is 11.4. The molecule has 4 heteroatoms. The van der Waals surface area contributed by atoms with Crippen LogP contribution in [0.1, 0.15) is 213 Å². The summed E-state index contributed by atoms with van der Waals surface area (Å²) < 4.78 is 0. The number of unbranched alkanes of at least 4 members (excludes halogenated alkanes) is 15. The molecule has 0 aromatic rings. The molecule has 69 heavy (non-hydrogen) atoms. The van der Waals surface area contributed by atoms with E-state index in [2.05, 4.69) is 177 Å². The number of carbonyl (C=O) groups excluding carboxylic acids is 1. The minimum Gasteiger partial charge on any atom is -0.394 e. The number of hydrogen-bond acceptors (Lipinski definition) is 3. The molecule has 0 aliphatic heterocycles. The maximum Gasteiger partial charge on any atom is 0.220 e. The molecule has 386 valence electrons. The largest absolute Gasteiger partial charge is 0.394 e. The van der Waals surface area contributed by atoms with Gasteiger partial charge in [-0.2, -0.15) is 0 Å². The Balaban J connectivity index is 3.74. The van der Waals surface area contributed by atoms with E-state index in [-0.39, 0.29) is 12.5 Å². The van der Waals surface area contributed by atoms with Crippen LogP contribution in [0, 0.1) is 0 Å². The van der Waals surface area contributed by atoms with Gasteiger partial charge in [-0.15, -0.1) is 0 Å². The van der Waals surface area contributed by atoms with Gasteiger partial charge in [0, 0.05) is 6.42 Å². The summed E-state index contributed by atoms with van der Waals surface area (Å²) in [5.41, 5.74) is 0. The molecule has 1 amide bonds. The molecule has 2 atom stereocenters. The van der Waals surface area contributed by atoms with Gasteiger partial charge in [-0.1, -0.05) is 248 Å².